The van der Waals surface area contributed by atoms with Crippen LogP contribution in [0.25, 0.3) is 0 Å². The molecular weight excluding hydrogens is 354 g/mol. The Morgan fingerprint density at radius 2 is 1.91 bits per heavy atom. The molecule has 23 heavy (non-hydrogen) atoms. The number of amides is 1. The molecule has 0 aliphatic heterocycles. The number of ether oxygens (including phenoxy) is 1. The third-order valence-electron chi connectivity index (χ3n) is 3.64. The van der Waals surface area contributed by atoms with Gasteiger partial charge in [0, 0.05) is 16.9 Å². The molecule has 1 amide bonds. The second-order valence-electron chi connectivity index (χ2n) is 6.95. The maximum absolute atomic E-state index is 11.9. The number of rotatable bonds is 8. The Labute approximate surface area is 149 Å². The molecule has 0 saturated carbocycles. The summed E-state index contributed by atoms with van der Waals surface area (Å²) in [6.45, 7) is 8.45. The van der Waals surface area contributed by atoms with Gasteiger partial charge >= 0.3 is 6.09 Å². The number of halogens is 1. The minimum Gasteiger partial charge on any atom is -0.444 e. The molecular formula is C19H30BrNO2. The topological polar surface area (TPSA) is 38.3 Å². The van der Waals surface area contributed by atoms with Crippen molar-refractivity contribution < 1.29 is 9.53 Å². The van der Waals surface area contributed by atoms with E-state index in [0.29, 0.717) is 12.5 Å². The van der Waals surface area contributed by atoms with Crippen LogP contribution in [0.5, 0.6) is 0 Å². The van der Waals surface area contributed by atoms with Crippen molar-refractivity contribution in [2.24, 2.45) is 0 Å². The number of carbonyl (C=O) groups excluding carboxylic acids is 1. The van der Waals surface area contributed by atoms with Crippen LogP contribution in [0.4, 0.5) is 4.79 Å². The van der Waals surface area contributed by atoms with Gasteiger partial charge in [0.1, 0.15) is 5.60 Å². The van der Waals surface area contributed by atoms with Gasteiger partial charge in [-0.3, -0.25) is 0 Å². The van der Waals surface area contributed by atoms with Crippen LogP contribution in [0.3, 0.4) is 0 Å². The van der Waals surface area contributed by atoms with Crippen LogP contribution in [0, 0.1) is 0 Å². The van der Waals surface area contributed by atoms with Crippen LogP contribution in [-0.4, -0.2) is 18.2 Å². The van der Waals surface area contributed by atoms with Crippen molar-refractivity contribution in [1.29, 1.82) is 0 Å². The molecule has 1 atom stereocenters. The summed E-state index contributed by atoms with van der Waals surface area (Å²) in [5, 5.41) is 2.92. The molecule has 1 aromatic carbocycles. The number of alkyl carbamates (subject to hydrolysis) is 1. The van der Waals surface area contributed by atoms with E-state index in [1.54, 1.807) is 0 Å². The molecule has 1 rings (SSSR count). The second kappa shape index (κ2) is 9.96. The van der Waals surface area contributed by atoms with Crippen molar-refractivity contribution in [3.8, 4) is 0 Å². The molecule has 0 radical (unpaired) electrons. The first-order chi connectivity index (χ1) is 10.8. The van der Waals surface area contributed by atoms with Crippen molar-refractivity contribution in [2.45, 2.75) is 71.3 Å². The molecule has 0 aliphatic carbocycles. The molecule has 4 heteroatoms. The largest absolute Gasteiger partial charge is 0.444 e. The standard InChI is InChI=1S/C19H30BrNO2/c1-5-6-7-8-11-15(16-12-9-10-13-17(16)20)14-21-18(22)23-19(2,3)4/h9-10,12-13,15H,5-8,11,14H2,1-4H3,(H,21,22). The third kappa shape index (κ3) is 8.40. The summed E-state index contributed by atoms with van der Waals surface area (Å²) in [6, 6.07) is 8.25. The molecule has 0 aliphatic rings. The van der Waals surface area contributed by atoms with Gasteiger partial charge in [-0.1, -0.05) is 66.7 Å². The molecule has 3 nitrogen and oxygen atoms in total. The highest BCUT2D eigenvalue weighted by Gasteiger charge is 2.19. The third-order valence-corrected chi connectivity index (χ3v) is 4.37. The molecule has 1 unspecified atom stereocenters. The number of nitrogens with one attached hydrogen (secondary N) is 1. The molecule has 0 fully saturated rings. The Morgan fingerprint density at radius 1 is 1.22 bits per heavy atom. The lowest BCUT2D eigenvalue weighted by Crippen LogP contribution is -2.34. The second-order valence-corrected chi connectivity index (χ2v) is 7.80. The molecule has 0 heterocycles. The van der Waals surface area contributed by atoms with Crippen molar-refractivity contribution in [3.63, 3.8) is 0 Å². The average Bonchev–Trinajstić information content (AvgIpc) is 2.46. The van der Waals surface area contributed by atoms with E-state index in [4.69, 9.17) is 4.74 Å². The minimum absolute atomic E-state index is 0.301. The summed E-state index contributed by atoms with van der Waals surface area (Å²) in [5.41, 5.74) is 0.786. The minimum atomic E-state index is -0.464. The molecule has 130 valence electrons. The van der Waals surface area contributed by atoms with Crippen LogP contribution in [-0.2, 0) is 4.74 Å². The van der Waals surface area contributed by atoms with E-state index in [1.807, 2.05) is 32.9 Å². The number of carbonyl (C=O) groups is 1. The number of hydrogen-bond donors (Lipinski definition) is 1. The van der Waals surface area contributed by atoms with E-state index in [0.717, 1.165) is 10.9 Å². The molecule has 0 bridgehead atoms. The molecule has 0 spiro atoms. The molecule has 0 saturated heterocycles. The number of benzene rings is 1. The Kier molecular flexibility index (Phi) is 8.67. The zero-order valence-electron chi connectivity index (χ0n) is 14.8. The van der Waals surface area contributed by atoms with E-state index < -0.39 is 5.60 Å². The van der Waals surface area contributed by atoms with Gasteiger partial charge in [-0.15, -0.1) is 0 Å². The smallest absolute Gasteiger partial charge is 0.407 e. The van der Waals surface area contributed by atoms with Crippen molar-refractivity contribution in [3.05, 3.63) is 34.3 Å². The van der Waals surface area contributed by atoms with Gasteiger partial charge in [0.25, 0.3) is 0 Å². The normalized spacial score (nSPS) is 12.7. The molecule has 1 aromatic rings. The molecule has 1 N–H and O–H groups in total. The highest BCUT2D eigenvalue weighted by atomic mass is 79.9. The van der Waals surface area contributed by atoms with Gasteiger partial charge in [-0.25, -0.2) is 4.79 Å². The predicted octanol–water partition coefficient (Wildman–Crippen LogP) is 6.03. The highest BCUT2D eigenvalue weighted by molar-refractivity contribution is 9.10. The van der Waals surface area contributed by atoms with Crippen molar-refractivity contribution in [2.75, 3.05) is 6.54 Å². The number of unbranched alkanes of at least 4 members (excludes halogenated alkanes) is 3. The van der Waals surface area contributed by atoms with Gasteiger partial charge in [-0.05, 0) is 38.8 Å². The quantitative estimate of drug-likeness (QED) is 0.556. The fourth-order valence-corrected chi connectivity index (χ4v) is 3.12. The summed E-state index contributed by atoms with van der Waals surface area (Å²) in [7, 11) is 0. The zero-order chi connectivity index (χ0) is 17.3. The fourth-order valence-electron chi connectivity index (χ4n) is 2.51. The number of hydrogen-bond acceptors (Lipinski definition) is 2. The predicted molar refractivity (Wildman–Crippen MR) is 99.9 cm³/mol. The average molecular weight is 384 g/mol. The van der Waals surface area contributed by atoms with Crippen molar-refractivity contribution >= 4 is 22.0 Å². The first-order valence-corrected chi connectivity index (χ1v) is 9.34. The molecule has 0 aromatic heterocycles. The highest BCUT2D eigenvalue weighted by Crippen LogP contribution is 2.28. The van der Waals surface area contributed by atoms with Crippen molar-refractivity contribution in [1.82, 2.24) is 5.32 Å². The van der Waals surface area contributed by atoms with E-state index in [1.165, 1.54) is 31.2 Å². The Bertz CT molecular complexity index is 483. The van der Waals surface area contributed by atoms with Crippen LogP contribution in [0.15, 0.2) is 28.7 Å². The van der Waals surface area contributed by atoms with Crippen LogP contribution in [0.1, 0.15) is 71.3 Å². The van der Waals surface area contributed by atoms with Gasteiger partial charge in [0.2, 0.25) is 0 Å². The maximum Gasteiger partial charge on any atom is 0.407 e. The van der Waals surface area contributed by atoms with Gasteiger partial charge in [0.05, 0.1) is 0 Å². The Morgan fingerprint density at radius 3 is 2.52 bits per heavy atom. The summed E-state index contributed by atoms with van der Waals surface area (Å²) < 4.78 is 6.44. The van der Waals surface area contributed by atoms with Crippen LogP contribution < -0.4 is 5.32 Å². The van der Waals surface area contributed by atoms with Crippen LogP contribution >= 0.6 is 15.9 Å². The summed E-state index contributed by atoms with van der Waals surface area (Å²) >= 11 is 3.63. The summed E-state index contributed by atoms with van der Waals surface area (Å²) in [5.74, 6) is 0.301. The lowest BCUT2D eigenvalue weighted by Gasteiger charge is -2.23. The Hall–Kier alpha value is -1.03. The lowest BCUT2D eigenvalue weighted by molar-refractivity contribution is 0.0523. The zero-order valence-corrected chi connectivity index (χ0v) is 16.4. The fraction of sp³-hybridized carbons (Fsp3) is 0.632. The summed E-state index contributed by atoms with van der Waals surface area (Å²) in [6.07, 6.45) is 5.64. The monoisotopic (exact) mass is 383 g/mol. The first-order valence-electron chi connectivity index (χ1n) is 8.54. The van der Waals surface area contributed by atoms with E-state index in [-0.39, 0.29) is 6.09 Å². The lowest BCUT2D eigenvalue weighted by atomic mass is 9.93. The Balaban J connectivity index is 2.64. The van der Waals surface area contributed by atoms with Gasteiger partial charge in [0.15, 0.2) is 0 Å². The maximum atomic E-state index is 11.9. The first kappa shape index (κ1) is 20.0. The van der Waals surface area contributed by atoms with E-state index in [9.17, 15) is 4.79 Å². The van der Waals surface area contributed by atoms with E-state index in [2.05, 4.69) is 40.3 Å². The van der Waals surface area contributed by atoms with Crippen LogP contribution in [0.2, 0.25) is 0 Å². The SMILES string of the molecule is CCCCCCC(CNC(=O)OC(C)(C)C)c1ccccc1Br. The van der Waals surface area contributed by atoms with Gasteiger partial charge in [-0.2, -0.15) is 0 Å². The van der Waals surface area contributed by atoms with E-state index >= 15 is 0 Å². The van der Waals surface area contributed by atoms with Gasteiger partial charge < -0.3 is 10.1 Å². The summed E-state index contributed by atoms with van der Waals surface area (Å²) in [4.78, 5) is 11.9.